The first-order valence-corrected chi connectivity index (χ1v) is 10.2. The summed E-state index contributed by atoms with van der Waals surface area (Å²) < 4.78 is 5.34. The summed E-state index contributed by atoms with van der Waals surface area (Å²) in [5.41, 5.74) is 1.53. The Morgan fingerprint density at radius 2 is 1.97 bits per heavy atom. The molecule has 0 unspecified atom stereocenters. The predicted molar refractivity (Wildman–Crippen MR) is 115 cm³/mol. The first-order chi connectivity index (χ1) is 14.0. The summed E-state index contributed by atoms with van der Waals surface area (Å²) in [7, 11) is 0. The van der Waals surface area contributed by atoms with E-state index in [9.17, 15) is 9.59 Å². The van der Waals surface area contributed by atoms with Gasteiger partial charge in [-0.05, 0) is 48.9 Å². The summed E-state index contributed by atoms with van der Waals surface area (Å²) in [5, 5.41) is 6.47. The number of halogens is 1. The fourth-order valence-electron chi connectivity index (χ4n) is 2.59. The third kappa shape index (κ3) is 6.30. The third-order valence-electron chi connectivity index (χ3n) is 3.90. The Morgan fingerprint density at radius 3 is 2.69 bits per heavy atom. The van der Waals surface area contributed by atoms with Gasteiger partial charge in [0.1, 0.15) is 5.75 Å². The van der Waals surface area contributed by atoms with E-state index in [1.165, 1.54) is 11.3 Å². The van der Waals surface area contributed by atoms with E-state index in [-0.39, 0.29) is 18.4 Å². The third-order valence-corrected chi connectivity index (χ3v) is 5.05. The number of anilines is 1. The maximum atomic E-state index is 12.1. The van der Waals surface area contributed by atoms with Gasteiger partial charge in [-0.25, -0.2) is 4.98 Å². The average molecular weight is 430 g/mol. The summed E-state index contributed by atoms with van der Waals surface area (Å²) in [6, 6.07) is 14.4. The fourth-order valence-corrected chi connectivity index (χ4v) is 3.67. The Kier molecular flexibility index (Phi) is 7.21. The van der Waals surface area contributed by atoms with Crippen LogP contribution in [0.1, 0.15) is 27.7 Å². The quantitative estimate of drug-likeness (QED) is 0.563. The van der Waals surface area contributed by atoms with Crippen LogP contribution in [-0.2, 0) is 11.2 Å². The van der Waals surface area contributed by atoms with Crippen molar-refractivity contribution < 1.29 is 14.3 Å². The summed E-state index contributed by atoms with van der Waals surface area (Å²) in [6.45, 7) is 2.31. The zero-order valence-corrected chi connectivity index (χ0v) is 17.3. The molecule has 0 bridgehead atoms. The van der Waals surface area contributed by atoms with Gasteiger partial charge in [-0.3, -0.25) is 9.59 Å². The minimum absolute atomic E-state index is 0.144. The lowest BCUT2D eigenvalue weighted by Crippen LogP contribution is -2.32. The highest BCUT2D eigenvalue weighted by Gasteiger charge is 2.11. The Labute approximate surface area is 177 Å². The van der Waals surface area contributed by atoms with Crippen LogP contribution in [-0.4, -0.2) is 29.9 Å². The van der Waals surface area contributed by atoms with Crippen molar-refractivity contribution in [2.75, 3.05) is 18.5 Å². The second-order valence-corrected chi connectivity index (χ2v) is 7.68. The number of carbonyl (C=O) groups is 2. The molecule has 0 aliphatic carbocycles. The highest BCUT2D eigenvalue weighted by atomic mass is 35.5. The standard InChI is InChI=1S/C21H20ClN3O3S/c1-2-28-17-8-6-15(7-9-17)20(27)23-13-19(26)25-21-24-12-18(29-21)11-14-4-3-5-16(22)10-14/h3-10,12H,2,11,13H2,1H3,(H,23,27)(H,24,25,26). The normalized spacial score (nSPS) is 10.4. The van der Waals surface area contributed by atoms with Crippen LogP contribution in [0.15, 0.2) is 54.7 Å². The largest absolute Gasteiger partial charge is 0.494 e. The van der Waals surface area contributed by atoms with Crippen LogP contribution in [0, 0.1) is 0 Å². The summed E-state index contributed by atoms with van der Waals surface area (Å²) >= 11 is 7.39. The maximum Gasteiger partial charge on any atom is 0.251 e. The molecule has 3 rings (SSSR count). The molecule has 0 saturated carbocycles. The van der Waals surface area contributed by atoms with Crippen LogP contribution in [0.3, 0.4) is 0 Å². The molecule has 0 fully saturated rings. The van der Waals surface area contributed by atoms with Crippen LogP contribution in [0.5, 0.6) is 5.75 Å². The van der Waals surface area contributed by atoms with Crippen LogP contribution in [0.25, 0.3) is 0 Å². The Bertz CT molecular complexity index is 989. The van der Waals surface area contributed by atoms with Gasteiger partial charge in [0.15, 0.2) is 5.13 Å². The van der Waals surface area contributed by atoms with Crippen molar-refractivity contribution >= 4 is 39.9 Å². The van der Waals surface area contributed by atoms with Crippen LogP contribution < -0.4 is 15.4 Å². The Morgan fingerprint density at radius 1 is 1.17 bits per heavy atom. The highest BCUT2D eigenvalue weighted by Crippen LogP contribution is 2.22. The smallest absolute Gasteiger partial charge is 0.251 e. The molecule has 8 heteroatoms. The van der Waals surface area contributed by atoms with Crippen molar-refractivity contribution in [3.63, 3.8) is 0 Å². The number of carbonyl (C=O) groups excluding carboxylic acids is 2. The second-order valence-electron chi connectivity index (χ2n) is 6.13. The van der Waals surface area contributed by atoms with Gasteiger partial charge in [0.05, 0.1) is 13.2 Å². The van der Waals surface area contributed by atoms with Crippen molar-refractivity contribution in [1.29, 1.82) is 0 Å². The number of aromatic nitrogens is 1. The van der Waals surface area contributed by atoms with Crippen molar-refractivity contribution in [3.05, 3.63) is 75.8 Å². The Balaban J connectivity index is 1.48. The molecular weight excluding hydrogens is 410 g/mol. The molecule has 0 spiro atoms. The molecule has 0 radical (unpaired) electrons. The van der Waals surface area contributed by atoms with E-state index in [0.717, 1.165) is 10.4 Å². The van der Waals surface area contributed by atoms with Crippen molar-refractivity contribution in [2.24, 2.45) is 0 Å². The molecular formula is C21H20ClN3O3S. The number of amides is 2. The number of thiazole rings is 1. The number of ether oxygens (including phenoxy) is 1. The topological polar surface area (TPSA) is 80.3 Å². The molecule has 2 N–H and O–H groups in total. The van der Waals surface area contributed by atoms with E-state index < -0.39 is 0 Å². The van der Waals surface area contributed by atoms with E-state index >= 15 is 0 Å². The average Bonchev–Trinajstić information content (AvgIpc) is 3.13. The highest BCUT2D eigenvalue weighted by molar-refractivity contribution is 7.15. The number of benzene rings is 2. The molecule has 150 valence electrons. The van der Waals surface area contributed by atoms with Gasteiger partial charge in [0.25, 0.3) is 5.91 Å². The van der Waals surface area contributed by atoms with Crippen LogP contribution in [0.2, 0.25) is 5.02 Å². The van der Waals surface area contributed by atoms with Crippen LogP contribution in [0.4, 0.5) is 5.13 Å². The maximum absolute atomic E-state index is 12.1. The summed E-state index contributed by atoms with van der Waals surface area (Å²) in [6.07, 6.45) is 2.41. The van der Waals surface area contributed by atoms with Crippen molar-refractivity contribution in [1.82, 2.24) is 10.3 Å². The number of hydrogen-bond acceptors (Lipinski definition) is 5. The van der Waals surface area contributed by atoms with Crippen molar-refractivity contribution in [2.45, 2.75) is 13.3 Å². The van der Waals surface area contributed by atoms with Gasteiger partial charge in [0.2, 0.25) is 5.91 Å². The van der Waals surface area contributed by atoms with Gasteiger partial charge in [-0.1, -0.05) is 23.7 Å². The molecule has 1 aromatic heterocycles. The van der Waals surface area contributed by atoms with Crippen molar-refractivity contribution in [3.8, 4) is 5.75 Å². The summed E-state index contributed by atoms with van der Waals surface area (Å²) in [5.74, 6) is 0.0241. The zero-order chi connectivity index (χ0) is 20.6. The molecule has 2 amide bonds. The van der Waals surface area contributed by atoms with E-state index in [4.69, 9.17) is 16.3 Å². The number of nitrogens with one attached hydrogen (secondary N) is 2. The SMILES string of the molecule is CCOc1ccc(C(=O)NCC(=O)Nc2ncc(Cc3cccc(Cl)c3)s2)cc1. The summed E-state index contributed by atoms with van der Waals surface area (Å²) in [4.78, 5) is 29.5. The molecule has 6 nitrogen and oxygen atoms in total. The van der Waals surface area contributed by atoms with Crippen LogP contribution >= 0.6 is 22.9 Å². The molecule has 2 aromatic carbocycles. The lowest BCUT2D eigenvalue weighted by Gasteiger charge is -2.06. The van der Waals surface area contributed by atoms with Gasteiger partial charge < -0.3 is 15.4 Å². The minimum atomic E-state index is -0.340. The number of rotatable bonds is 8. The van der Waals surface area contributed by atoms with E-state index in [1.807, 2.05) is 31.2 Å². The van der Waals surface area contributed by atoms with Gasteiger partial charge in [0, 0.05) is 28.1 Å². The molecule has 29 heavy (non-hydrogen) atoms. The lowest BCUT2D eigenvalue weighted by molar-refractivity contribution is -0.115. The number of nitrogens with zero attached hydrogens (tertiary/aromatic N) is 1. The molecule has 3 aromatic rings. The molecule has 1 heterocycles. The zero-order valence-electron chi connectivity index (χ0n) is 15.8. The predicted octanol–water partition coefficient (Wildman–Crippen LogP) is 4.15. The number of hydrogen-bond donors (Lipinski definition) is 2. The molecule has 0 saturated heterocycles. The molecule has 0 aliphatic heterocycles. The monoisotopic (exact) mass is 429 g/mol. The van der Waals surface area contributed by atoms with Gasteiger partial charge >= 0.3 is 0 Å². The van der Waals surface area contributed by atoms with E-state index in [1.54, 1.807) is 30.5 Å². The van der Waals surface area contributed by atoms with E-state index in [2.05, 4.69) is 15.6 Å². The van der Waals surface area contributed by atoms with Gasteiger partial charge in [-0.2, -0.15) is 0 Å². The minimum Gasteiger partial charge on any atom is -0.494 e. The Hall–Kier alpha value is -2.90. The molecule has 0 atom stereocenters. The van der Waals surface area contributed by atoms with E-state index in [0.29, 0.717) is 34.5 Å². The first kappa shape index (κ1) is 20.8. The molecule has 0 aliphatic rings. The fraction of sp³-hybridized carbons (Fsp3) is 0.190. The first-order valence-electron chi connectivity index (χ1n) is 9.03. The van der Waals surface area contributed by atoms with Gasteiger partial charge in [-0.15, -0.1) is 11.3 Å². The lowest BCUT2D eigenvalue weighted by atomic mass is 10.1. The second kappa shape index (κ2) is 10.0.